The second kappa shape index (κ2) is 32.6. The molecule has 46 heavy (non-hydrogen) atoms. The Kier molecular flexibility index (Phi) is 31.9. The second-order valence-electron chi connectivity index (χ2n) is 13.7. The van der Waals surface area contributed by atoms with E-state index in [0.717, 1.165) is 44.9 Å². The highest BCUT2D eigenvalue weighted by Crippen LogP contribution is 2.15. The third-order valence-corrected chi connectivity index (χ3v) is 9.86. The van der Waals surface area contributed by atoms with Gasteiger partial charge in [0, 0.05) is 0 Å². The average molecular weight is 674 g/mol. The van der Waals surface area contributed by atoms with Crippen molar-refractivity contribution in [1.29, 1.82) is 0 Å². The molecule has 0 saturated carbocycles. The predicted molar refractivity (Wildman–Crippen MR) is 195 cm³/mol. The first-order valence-electron chi connectivity index (χ1n) is 19.5. The van der Waals surface area contributed by atoms with Crippen LogP contribution in [-0.4, -0.2) is 53.1 Å². The SMILES string of the molecule is CCCCCCCCCCCCCC/C=C\CCCCCCCCC(O)C(=O)NC(CS(=O)(=O)O)C(O)CCCCCCCCC. The van der Waals surface area contributed by atoms with Gasteiger partial charge in [0.05, 0.1) is 17.9 Å². The van der Waals surface area contributed by atoms with Crippen LogP contribution in [0.25, 0.3) is 0 Å². The zero-order valence-corrected chi connectivity index (χ0v) is 30.9. The van der Waals surface area contributed by atoms with Gasteiger partial charge in [-0.1, -0.05) is 174 Å². The normalized spacial score (nSPS) is 14.1. The van der Waals surface area contributed by atoms with Crippen molar-refractivity contribution in [3.8, 4) is 0 Å². The van der Waals surface area contributed by atoms with Gasteiger partial charge in [-0.2, -0.15) is 8.42 Å². The van der Waals surface area contributed by atoms with Gasteiger partial charge in [0.15, 0.2) is 0 Å². The number of rotatable bonds is 35. The van der Waals surface area contributed by atoms with Gasteiger partial charge < -0.3 is 15.5 Å². The fourth-order valence-corrected chi connectivity index (χ4v) is 6.80. The zero-order chi connectivity index (χ0) is 34.1. The Bertz CT molecular complexity index is 803. The largest absolute Gasteiger partial charge is 0.391 e. The molecule has 0 aliphatic rings. The maximum atomic E-state index is 12.5. The fourth-order valence-electron chi connectivity index (χ4n) is 6.04. The van der Waals surface area contributed by atoms with Crippen molar-refractivity contribution in [2.45, 2.75) is 218 Å². The number of carbonyl (C=O) groups is 1. The van der Waals surface area contributed by atoms with Gasteiger partial charge in [0.1, 0.15) is 6.10 Å². The summed E-state index contributed by atoms with van der Waals surface area (Å²) in [5, 5.41) is 23.3. The van der Waals surface area contributed by atoms with E-state index in [-0.39, 0.29) is 0 Å². The molecule has 0 aliphatic heterocycles. The van der Waals surface area contributed by atoms with Gasteiger partial charge in [0.25, 0.3) is 10.1 Å². The minimum Gasteiger partial charge on any atom is -0.391 e. The van der Waals surface area contributed by atoms with Crippen molar-refractivity contribution >= 4 is 16.0 Å². The van der Waals surface area contributed by atoms with E-state index in [4.69, 9.17) is 0 Å². The number of allylic oxidation sites excluding steroid dienone is 2. The number of aliphatic hydroxyl groups is 2. The Labute approximate surface area is 284 Å². The Hall–Kier alpha value is -0.960. The van der Waals surface area contributed by atoms with Crippen molar-refractivity contribution in [3.63, 3.8) is 0 Å². The van der Waals surface area contributed by atoms with Crippen LogP contribution in [0.3, 0.4) is 0 Å². The van der Waals surface area contributed by atoms with Gasteiger partial charge in [-0.05, 0) is 38.5 Å². The molecule has 0 aliphatic carbocycles. The quantitative estimate of drug-likeness (QED) is 0.0302. The van der Waals surface area contributed by atoms with Crippen LogP contribution in [-0.2, 0) is 14.9 Å². The molecule has 0 aromatic rings. The Balaban J connectivity index is 3.84. The van der Waals surface area contributed by atoms with Crippen LogP contribution in [0.15, 0.2) is 12.2 Å². The molecule has 0 spiro atoms. The summed E-state index contributed by atoms with van der Waals surface area (Å²) in [6.45, 7) is 4.44. The minimum atomic E-state index is -4.39. The van der Waals surface area contributed by atoms with Gasteiger partial charge in [0.2, 0.25) is 5.91 Å². The van der Waals surface area contributed by atoms with E-state index < -0.39 is 40.0 Å². The first kappa shape index (κ1) is 45.0. The van der Waals surface area contributed by atoms with Crippen LogP contribution in [0.5, 0.6) is 0 Å². The van der Waals surface area contributed by atoms with Crippen molar-refractivity contribution in [2.75, 3.05) is 5.75 Å². The summed E-state index contributed by atoms with van der Waals surface area (Å²) in [7, 11) is -4.39. The lowest BCUT2D eigenvalue weighted by molar-refractivity contribution is -0.131. The van der Waals surface area contributed by atoms with Crippen LogP contribution < -0.4 is 5.32 Å². The molecule has 0 heterocycles. The molecule has 0 aromatic heterocycles. The van der Waals surface area contributed by atoms with Crippen molar-refractivity contribution in [3.05, 3.63) is 12.2 Å². The highest BCUT2D eigenvalue weighted by atomic mass is 32.2. The summed E-state index contributed by atoms with van der Waals surface area (Å²) < 4.78 is 32.3. The lowest BCUT2D eigenvalue weighted by Crippen LogP contribution is -2.50. The summed E-state index contributed by atoms with van der Waals surface area (Å²) in [5.74, 6) is -1.46. The Morgan fingerprint density at radius 2 is 0.913 bits per heavy atom. The van der Waals surface area contributed by atoms with Gasteiger partial charge in [-0.25, -0.2) is 0 Å². The van der Waals surface area contributed by atoms with Gasteiger partial charge in [-0.15, -0.1) is 0 Å². The number of nitrogens with one attached hydrogen (secondary N) is 1. The van der Waals surface area contributed by atoms with Gasteiger partial charge in [-0.3, -0.25) is 9.35 Å². The first-order chi connectivity index (χ1) is 22.2. The van der Waals surface area contributed by atoms with E-state index in [2.05, 4.69) is 31.3 Å². The smallest absolute Gasteiger partial charge is 0.266 e. The molecular formula is C38H75NO6S. The Morgan fingerprint density at radius 1 is 0.565 bits per heavy atom. The molecule has 0 rings (SSSR count). The van der Waals surface area contributed by atoms with Crippen LogP contribution >= 0.6 is 0 Å². The molecule has 7 nitrogen and oxygen atoms in total. The van der Waals surface area contributed by atoms with Crippen LogP contribution in [0.2, 0.25) is 0 Å². The molecule has 0 fully saturated rings. The van der Waals surface area contributed by atoms with E-state index in [1.165, 1.54) is 116 Å². The zero-order valence-electron chi connectivity index (χ0n) is 30.1. The van der Waals surface area contributed by atoms with E-state index in [1.807, 2.05) is 0 Å². The average Bonchev–Trinajstić information content (AvgIpc) is 3.01. The monoisotopic (exact) mass is 674 g/mol. The standard InChI is InChI=1S/C38H75NO6S/c1-3-5-7-9-11-12-13-14-15-16-17-18-19-20-21-22-23-24-25-27-29-31-33-37(41)38(42)39-35(34-46(43,44)45)36(40)32-30-28-26-10-8-6-4-2/h20-21,35-37,40-41H,3-19,22-34H2,1-2H3,(H,39,42)(H,43,44,45)/b21-20-. The van der Waals surface area contributed by atoms with Crippen molar-refractivity contribution < 1.29 is 28.0 Å². The molecule has 0 bridgehead atoms. The summed E-state index contributed by atoms with van der Waals surface area (Å²) in [6, 6.07) is -1.14. The molecule has 0 radical (unpaired) electrons. The lowest BCUT2D eigenvalue weighted by atomic mass is 10.0. The molecule has 4 N–H and O–H groups in total. The maximum Gasteiger partial charge on any atom is 0.266 e. The topological polar surface area (TPSA) is 124 Å². The summed E-state index contributed by atoms with van der Waals surface area (Å²) in [6.07, 6.45) is 35.5. The number of unbranched alkanes of at least 4 members (excludes halogenated alkanes) is 24. The number of carbonyl (C=O) groups excluding carboxylic acids is 1. The summed E-state index contributed by atoms with van der Waals surface area (Å²) >= 11 is 0. The fraction of sp³-hybridized carbons (Fsp3) is 0.921. The third kappa shape index (κ3) is 31.6. The minimum absolute atomic E-state index is 0.292. The van der Waals surface area contributed by atoms with E-state index >= 15 is 0 Å². The molecular weight excluding hydrogens is 598 g/mol. The highest BCUT2D eigenvalue weighted by molar-refractivity contribution is 7.85. The highest BCUT2D eigenvalue weighted by Gasteiger charge is 2.28. The number of aliphatic hydroxyl groups excluding tert-OH is 2. The first-order valence-corrected chi connectivity index (χ1v) is 21.1. The molecule has 8 heteroatoms. The molecule has 274 valence electrons. The summed E-state index contributed by atoms with van der Waals surface area (Å²) in [4.78, 5) is 12.5. The van der Waals surface area contributed by atoms with Crippen LogP contribution in [0.4, 0.5) is 0 Å². The third-order valence-electron chi connectivity index (χ3n) is 9.08. The van der Waals surface area contributed by atoms with Crippen molar-refractivity contribution in [2.24, 2.45) is 0 Å². The van der Waals surface area contributed by atoms with Crippen molar-refractivity contribution in [1.82, 2.24) is 5.32 Å². The lowest BCUT2D eigenvalue weighted by Gasteiger charge is -2.24. The predicted octanol–water partition coefficient (Wildman–Crippen LogP) is 9.99. The van der Waals surface area contributed by atoms with Crippen LogP contribution in [0.1, 0.15) is 200 Å². The molecule has 1 amide bonds. The molecule has 3 atom stereocenters. The van der Waals surface area contributed by atoms with E-state index in [0.29, 0.717) is 25.7 Å². The second-order valence-corrected chi connectivity index (χ2v) is 15.2. The number of amides is 1. The number of hydrogen-bond donors (Lipinski definition) is 4. The molecule has 0 saturated heterocycles. The molecule has 3 unspecified atom stereocenters. The molecule has 0 aromatic carbocycles. The maximum absolute atomic E-state index is 12.5. The Morgan fingerprint density at radius 3 is 1.30 bits per heavy atom. The number of hydrogen-bond acceptors (Lipinski definition) is 5. The van der Waals surface area contributed by atoms with Crippen LogP contribution in [0, 0.1) is 0 Å². The summed E-state index contributed by atoms with van der Waals surface area (Å²) in [5.41, 5.74) is 0. The van der Waals surface area contributed by atoms with E-state index in [1.54, 1.807) is 0 Å². The van der Waals surface area contributed by atoms with Gasteiger partial charge >= 0.3 is 0 Å². The van der Waals surface area contributed by atoms with E-state index in [9.17, 15) is 28.0 Å².